The Balaban J connectivity index is 2.47. The van der Waals surface area contributed by atoms with Gasteiger partial charge >= 0.3 is 5.97 Å². The molecular formula is C15H19ClO4. The minimum absolute atomic E-state index is 0.00246. The Morgan fingerprint density at radius 1 is 1.45 bits per heavy atom. The van der Waals surface area contributed by atoms with E-state index in [0.717, 1.165) is 18.4 Å². The standard InChI is InChI=1S/C15H19ClO4/c1-15(2,8-13(17)18)11-6-9(16)7-12(19-3)14(11)20-10-4-5-10/h6-7,10H,4-5,8H2,1-3H3,(H,17,18). The Morgan fingerprint density at radius 2 is 2.10 bits per heavy atom. The molecule has 1 aromatic rings. The van der Waals surface area contributed by atoms with Crippen LogP contribution in [-0.2, 0) is 10.2 Å². The molecule has 0 spiro atoms. The highest BCUT2D eigenvalue weighted by atomic mass is 35.5. The molecule has 0 heterocycles. The van der Waals surface area contributed by atoms with Crippen molar-refractivity contribution in [2.45, 2.75) is 44.6 Å². The van der Waals surface area contributed by atoms with Crippen molar-refractivity contribution < 1.29 is 19.4 Å². The molecule has 0 aliphatic heterocycles. The predicted octanol–water partition coefficient (Wildman–Crippen LogP) is 3.64. The monoisotopic (exact) mass is 298 g/mol. The van der Waals surface area contributed by atoms with Gasteiger partial charge in [0.05, 0.1) is 19.6 Å². The number of hydrogen-bond acceptors (Lipinski definition) is 3. The van der Waals surface area contributed by atoms with E-state index >= 15 is 0 Å². The Hall–Kier alpha value is -1.42. The minimum Gasteiger partial charge on any atom is -0.493 e. The molecule has 2 rings (SSSR count). The van der Waals surface area contributed by atoms with Gasteiger partial charge in [0.1, 0.15) is 0 Å². The highest BCUT2D eigenvalue weighted by Crippen LogP contribution is 2.44. The molecule has 0 amide bonds. The zero-order chi connectivity index (χ0) is 14.9. The average Bonchev–Trinajstić information content (AvgIpc) is 3.13. The predicted molar refractivity (Wildman–Crippen MR) is 76.9 cm³/mol. The highest BCUT2D eigenvalue weighted by Gasteiger charge is 2.33. The molecule has 1 N–H and O–H groups in total. The molecule has 0 bridgehead atoms. The van der Waals surface area contributed by atoms with E-state index in [-0.39, 0.29) is 12.5 Å². The molecule has 0 radical (unpaired) electrons. The third-order valence-electron chi connectivity index (χ3n) is 3.37. The average molecular weight is 299 g/mol. The number of methoxy groups -OCH3 is 1. The van der Waals surface area contributed by atoms with Crippen molar-refractivity contribution in [1.29, 1.82) is 0 Å². The largest absolute Gasteiger partial charge is 0.493 e. The first-order valence-electron chi connectivity index (χ1n) is 6.60. The number of carbonyl (C=O) groups is 1. The summed E-state index contributed by atoms with van der Waals surface area (Å²) in [5.41, 5.74) is 0.185. The van der Waals surface area contributed by atoms with E-state index in [2.05, 4.69) is 0 Å². The van der Waals surface area contributed by atoms with Crippen LogP contribution < -0.4 is 9.47 Å². The summed E-state index contributed by atoms with van der Waals surface area (Å²) in [5, 5.41) is 9.60. The number of halogens is 1. The van der Waals surface area contributed by atoms with Gasteiger partial charge in [0.2, 0.25) is 0 Å². The van der Waals surface area contributed by atoms with E-state index < -0.39 is 11.4 Å². The first-order valence-corrected chi connectivity index (χ1v) is 6.98. The molecule has 0 aromatic heterocycles. The molecule has 110 valence electrons. The quantitative estimate of drug-likeness (QED) is 0.871. The topological polar surface area (TPSA) is 55.8 Å². The smallest absolute Gasteiger partial charge is 0.304 e. The zero-order valence-corrected chi connectivity index (χ0v) is 12.7. The van der Waals surface area contributed by atoms with Gasteiger partial charge in [0.15, 0.2) is 11.5 Å². The highest BCUT2D eigenvalue weighted by molar-refractivity contribution is 6.30. The van der Waals surface area contributed by atoms with E-state index in [4.69, 9.17) is 26.2 Å². The van der Waals surface area contributed by atoms with Gasteiger partial charge in [-0.2, -0.15) is 0 Å². The number of hydrogen-bond donors (Lipinski definition) is 1. The summed E-state index contributed by atoms with van der Waals surface area (Å²) in [6.45, 7) is 3.73. The van der Waals surface area contributed by atoms with Crippen LogP contribution in [0.15, 0.2) is 12.1 Å². The zero-order valence-electron chi connectivity index (χ0n) is 11.9. The van der Waals surface area contributed by atoms with Crippen LogP contribution in [0.3, 0.4) is 0 Å². The summed E-state index contributed by atoms with van der Waals surface area (Å²) >= 11 is 6.11. The van der Waals surface area contributed by atoms with Gasteiger partial charge in [0, 0.05) is 22.1 Å². The van der Waals surface area contributed by atoms with E-state index in [9.17, 15) is 4.79 Å². The summed E-state index contributed by atoms with van der Waals surface area (Å²) in [6.07, 6.45) is 2.23. The molecule has 0 unspecified atom stereocenters. The van der Waals surface area contributed by atoms with Crippen molar-refractivity contribution in [2.24, 2.45) is 0 Å². The Bertz CT molecular complexity index is 521. The maximum Gasteiger partial charge on any atom is 0.304 e. The lowest BCUT2D eigenvalue weighted by atomic mass is 9.81. The van der Waals surface area contributed by atoms with Gasteiger partial charge in [-0.25, -0.2) is 0 Å². The Kier molecular flexibility index (Phi) is 4.14. The molecule has 1 fully saturated rings. The lowest BCUT2D eigenvalue weighted by molar-refractivity contribution is -0.138. The molecule has 4 nitrogen and oxygen atoms in total. The molecule has 1 aromatic carbocycles. The second-order valence-electron chi connectivity index (χ2n) is 5.76. The third kappa shape index (κ3) is 3.37. The first kappa shape index (κ1) is 15.0. The van der Waals surface area contributed by atoms with Gasteiger partial charge in [-0.1, -0.05) is 25.4 Å². The number of ether oxygens (including phenoxy) is 2. The van der Waals surface area contributed by atoms with Gasteiger partial charge in [0.25, 0.3) is 0 Å². The SMILES string of the molecule is COc1cc(Cl)cc(C(C)(C)CC(=O)O)c1OC1CC1. The van der Waals surface area contributed by atoms with Gasteiger partial charge < -0.3 is 14.6 Å². The number of rotatable bonds is 6. The fourth-order valence-corrected chi connectivity index (χ4v) is 2.38. The second-order valence-corrected chi connectivity index (χ2v) is 6.19. The fraction of sp³-hybridized carbons (Fsp3) is 0.533. The molecule has 0 atom stereocenters. The maximum atomic E-state index is 11.1. The van der Waals surface area contributed by atoms with Crippen molar-refractivity contribution in [3.05, 3.63) is 22.7 Å². The molecule has 1 saturated carbocycles. The van der Waals surface area contributed by atoms with E-state index in [1.54, 1.807) is 19.2 Å². The van der Waals surface area contributed by atoms with Crippen LogP contribution in [0.5, 0.6) is 11.5 Å². The van der Waals surface area contributed by atoms with Crippen LogP contribution in [0.1, 0.15) is 38.7 Å². The summed E-state index contributed by atoms with van der Waals surface area (Å²) in [7, 11) is 1.55. The lowest BCUT2D eigenvalue weighted by Gasteiger charge is -2.27. The molecule has 20 heavy (non-hydrogen) atoms. The van der Waals surface area contributed by atoms with Crippen LogP contribution in [0.25, 0.3) is 0 Å². The van der Waals surface area contributed by atoms with Gasteiger partial charge in [-0.15, -0.1) is 0 Å². The molecule has 5 heteroatoms. The van der Waals surface area contributed by atoms with E-state index in [1.165, 1.54) is 0 Å². The van der Waals surface area contributed by atoms with Gasteiger partial charge in [-0.05, 0) is 18.9 Å². The van der Waals surface area contributed by atoms with Crippen molar-refractivity contribution in [3.8, 4) is 11.5 Å². The second kappa shape index (κ2) is 5.52. The maximum absolute atomic E-state index is 11.1. The van der Waals surface area contributed by atoms with Crippen molar-refractivity contribution in [3.63, 3.8) is 0 Å². The van der Waals surface area contributed by atoms with Crippen LogP contribution >= 0.6 is 11.6 Å². The number of carboxylic acid groups (broad SMARTS) is 1. The van der Waals surface area contributed by atoms with Crippen molar-refractivity contribution in [2.75, 3.05) is 7.11 Å². The normalized spacial score (nSPS) is 15.0. The number of aliphatic carboxylic acids is 1. The molecule has 1 aliphatic rings. The summed E-state index contributed by atoms with van der Waals surface area (Å²) in [5.74, 6) is 0.315. The van der Waals surface area contributed by atoms with E-state index in [1.807, 2.05) is 13.8 Å². The number of benzene rings is 1. The third-order valence-corrected chi connectivity index (χ3v) is 3.59. The first-order chi connectivity index (χ1) is 9.33. The summed E-state index contributed by atoms with van der Waals surface area (Å²) in [4.78, 5) is 11.1. The van der Waals surface area contributed by atoms with Crippen LogP contribution in [0.4, 0.5) is 0 Å². The molecular weight excluding hydrogens is 280 g/mol. The fourth-order valence-electron chi connectivity index (χ4n) is 2.17. The minimum atomic E-state index is -0.855. The van der Waals surface area contributed by atoms with Crippen molar-refractivity contribution in [1.82, 2.24) is 0 Å². The summed E-state index contributed by atoms with van der Waals surface area (Å²) < 4.78 is 11.3. The lowest BCUT2D eigenvalue weighted by Crippen LogP contribution is -2.23. The molecule has 1 aliphatic carbocycles. The number of carboxylic acids is 1. The Morgan fingerprint density at radius 3 is 2.60 bits per heavy atom. The van der Waals surface area contributed by atoms with Crippen molar-refractivity contribution >= 4 is 17.6 Å². The summed E-state index contributed by atoms with van der Waals surface area (Å²) in [6, 6.07) is 3.46. The van der Waals surface area contributed by atoms with Gasteiger partial charge in [-0.3, -0.25) is 4.79 Å². The van der Waals surface area contributed by atoms with Crippen LogP contribution in [0, 0.1) is 0 Å². The molecule has 0 saturated heterocycles. The van der Waals surface area contributed by atoms with E-state index in [0.29, 0.717) is 16.5 Å². The Labute approximate surface area is 123 Å². The van der Waals surface area contributed by atoms with Crippen LogP contribution in [-0.4, -0.2) is 24.3 Å². The van der Waals surface area contributed by atoms with Crippen LogP contribution in [0.2, 0.25) is 5.02 Å².